The van der Waals surface area contributed by atoms with Gasteiger partial charge in [0.05, 0.1) is 6.26 Å². The fourth-order valence-electron chi connectivity index (χ4n) is 2.52. The van der Waals surface area contributed by atoms with Gasteiger partial charge in [0.1, 0.15) is 0 Å². The highest BCUT2D eigenvalue weighted by molar-refractivity contribution is 7.88. The molecule has 1 fully saturated rings. The molecule has 22 heavy (non-hydrogen) atoms. The average Bonchev–Trinajstić information content (AvgIpc) is 2.47. The van der Waals surface area contributed by atoms with E-state index in [0.717, 1.165) is 30.3 Å². The average molecular weight is 325 g/mol. The molecule has 2 amide bonds. The highest BCUT2D eigenvalue weighted by atomic mass is 32.2. The van der Waals surface area contributed by atoms with Crippen molar-refractivity contribution in [2.75, 3.05) is 31.2 Å². The minimum atomic E-state index is -3.18. The molecule has 1 atom stereocenters. The molecule has 1 aliphatic heterocycles. The lowest BCUT2D eigenvalue weighted by Gasteiger charge is -2.32. The number of piperidine rings is 1. The summed E-state index contributed by atoms with van der Waals surface area (Å²) in [6.07, 6.45) is 2.96. The predicted molar refractivity (Wildman–Crippen MR) is 87.3 cm³/mol. The first-order valence-corrected chi connectivity index (χ1v) is 9.30. The fraction of sp³-hybridized carbons (Fsp3) is 0.533. The summed E-state index contributed by atoms with van der Waals surface area (Å²) in [5.74, 6) is 0.159. The first-order chi connectivity index (χ1) is 10.3. The number of nitrogens with zero attached hydrogens (tertiary/aromatic N) is 1. The summed E-state index contributed by atoms with van der Waals surface area (Å²) in [4.78, 5) is 14.0. The number of rotatable bonds is 4. The Morgan fingerprint density at radius 1 is 1.32 bits per heavy atom. The molecule has 1 heterocycles. The SMILES string of the molecule is Cc1ccc(NC(=O)N2CCCC(CNS(C)(=O)=O)C2)cc1. The maximum Gasteiger partial charge on any atom is 0.321 e. The van der Waals surface area contributed by atoms with Gasteiger partial charge < -0.3 is 10.2 Å². The molecule has 2 rings (SSSR count). The number of hydrogen-bond donors (Lipinski definition) is 2. The van der Waals surface area contributed by atoms with E-state index in [9.17, 15) is 13.2 Å². The predicted octanol–water partition coefficient (Wildman–Crippen LogP) is 1.79. The van der Waals surface area contributed by atoms with E-state index in [2.05, 4.69) is 10.0 Å². The van der Waals surface area contributed by atoms with Crippen LogP contribution in [0.3, 0.4) is 0 Å². The van der Waals surface area contributed by atoms with Gasteiger partial charge in [-0.05, 0) is 37.8 Å². The largest absolute Gasteiger partial charge is 0.324 e. The Labute approximate surface area is 131 Å². The zero-order chi connectivity index (χ0) is 16.2. The molecule has 1 saturated heterocycles. The second kappa shape index (κ2) is 7.11. The van der Waals surface area contributed by atoms with Crippen LogP contribution in [0.25, 0.3) is 0 Å². The van der Waals surface area contributed by atoms with Gasteiger partial charge >= 0.3 is 6.03 Å². The molecule has 1 unspecified atom stereocenters. The van der Waals surface area contributed by atoms with Crippen molar-refractivity contribution in [3.05, 3.63) is 29.8 Å². The lowest BCUT2D eigenvalue weighted by molar-refractivity contribution is 0.178. The first kappa shape index (κ1) is 16.8. The molecular weight excluding hydrogens is 302 g/mol. The van der Waals surface area contributed by atoms with E-state index in [0.29, 0.717) is 19.6 Å². The minimum Gasteiger partial charge on any atom is -0.324 e. The maximum atomic E-state index is 12.3. The lowest BCUT2D eigenvalue weighted by Crippen LogP contribution is -2.45. The van der Waals surface area contributed by atoms with Crippen LogP contribution < -0.4 is 10.0 Å². The van der Waals surface area contributed by atoms with E-state index in [1.807, 2.05) is 31.2 Å². The molecule has 0 spiro atoms. The van der Waals surface area contributed by atoms with Gasteiger partial charge in [-0.3, -0.25) is 0 Å². The van der Waals surface area contributed by atoms with Gasteiger partial charge in [0, 0.05) is 25.3 Å². The summed E-state index contributed by atoms with van der Waals surface area (Å²) in [7, 11) is -3.18. The molecule has 7 heteroatoms. The molecule has 0 bridgehead atoms. The van der Waals surface area contributed by atoms with Crippen molar-refractivity contribution >= 4 is 21.7 Å². The lowest BCUT2D eigenvalue weighted by atomic mass is 9.99. The van der Waals surface area contributed by atoms with Crippen molar-refractivity contribution in [3.8, 4) is 0 Å². The Morgan fingerprint density at radius 2 is 2.00 bits per heavy atom. The molecular formula is C15H23N3O3S. The molecule has 1 aromatic carbocycles. The summed E-state index contributed by atoms with van der Waals surface area (Å²) in [5.41, 5.74) is 1.91. The van der Waals surface area contributed by atoms with Crippen LogP contribution in [0, 0.1) is 12.8 Å². The van der Waals surface area contributed by atoms with Crippen LogP contribution in [-0.4, -0.2) is 45.2 Å². The highest BCUT2D eigenvalue weighted by Crippen LogP contribution is 2.17. The number of hydrogen-bond acceptors (Lipinski definition) is 3. The van der Waals surface area contributed by atoms with E-state index >= 15 is 0 Å². The Morgan fingerprint density at radius 3 is 2.64 bits per heavy atom. The Balaban J connectivity index is 1.88. The van der Waals surface area contributed by atoms with Crippen molar-refractivity contribution in [1.82, 2.24) is 9.62 Å². The number of sulfonamides is 1. The quantitative estimate of drug-likeness (QED) is 0.886. The standard InChI is InChI=1S/C15H23N3O3S/c1-12-5-7-14(8-6-12)17-15(19)18-9-3-4-13(11-18)10-16-22(2,20)21/h5-8,13,16H,3-4,9-11H2,1-2H3,(H,17,19). The van der Waals surface area contributed by atoms with Crippen LogP contribution in [0.5, 0.6) is 0 Å². The van der Waals surface area contributed by atoms with Crippen molar-refractivity contribution in [3.63, 3.8) is 0 Å². The summed E-state index contributed by atoms with van der Waals surface area (Å²) in [5, 5.41) is 2.88. The number of carbonyl (C=O) groups is 1. The monoisotopic (exact) mass is 325 g/mol. The van der Waals surface area contributed by atoms with Gasteiger partial charge in [0.25, 0.3) is 0 Å². The van der Waals surface area contributed by atoms with Crippen molar-refractivity contribution < 1.29 is 13.2 Å². The normalized spacial score (nSPS) is 19.0. The Hall–Kier alpha value is -1.60. The zero-order valence-electron chi connectivity index (χ0n) is 13.0. The van der Waals surface area contributed by atoms with Gasteiger partial charge in [-0.25, -0.2) is 17.9 Å². The van der Waals surface area contributed by atoms with E-state index in [1.54, 1.807) is 4.90 Å². The van der Waals surface area contributed by atoms with Crippen LogP contribution in [0.1, 0.15) is 18.4 Å². The topological polar surface area (TPSA) is 78.5 Å². The molecule has 122 valence electrons. The minimum absolute atomic E-state index is 0.132. The second-order valence-electron chi connectivity index (χ2n) is 5.87. The number of likely N-dealkylation sites (tertiary alicyclic amines) is 1. The van der Waals surface area contributed by atoms with Crippen LogP contribution in [0.15, 0.2) is 24.3 Å². The van der Waals surface area contributed by atoms with Crippen molar-refractivity contribution in [1.29, 1.82) is 0 Å². The van der Waals surface area contributed by atoms with Gasteiger partial charge in [-0.15, -0.1) is 0 Å². The summed E-state index contributed by atoms with van der Waals surface area (Å²) in [6.45, 7) is 3.65. The van der Waals surface area contributed by atoms with E-state index < -0.39 is 10.0 Å². The first-order valence-electron chi connectivity index (χ1n) is 7.41. The highest BCUT2D eigenvalue weighted by Gasteiger charge is 2.24. The third kappa shape index (κ3) is 5.31. The number of nitrogens with one attached hydrogen (secondary N) is 2. The summed E-state index contributed by atoms with van der Waals surface area (Å²) in [6, 6.07) is 7.52. The van der Waals surface area contributed by atoms with E-state index in [1.165, 1.54) is 0 Å². The van der Waals surface area contributed by atoms with Crippen LogP contribution in [-0.2, 0) is 10.0 Å². The molecule has 2 N–H and O–H groups in total. The number of urea groups is 1. The molecule has 0 saturated carbocycles. The van der Waals surface area contributed by atoms with E-state index in [4.69, 9.17) is 0 Å². The maximum absolute atomic E-state index is 12.3. The smallest absolute Gasteiger partial charge is 0.321 e. The number of carbonyl (C=O) groups excluding carboxylic acids is 1. The molecule has 1 aromatic rings. The van der Waals surface area contributed by atoms with Crippen molar-refractivity contribution in [2.24, 2.45) is 5.92 Å². The Bertz CT molecular complexity index is 613. The summed E-state index contributed by atoms with van der Waals surface area (Å²) >= 11 is 0. The van der Waals surface area contributed by atoms with Gasteiger partial charge in [-0.2, -0.15) is 0 Å². The number of aryl methyl sites for hydroxylation is 1. The van der Waals surface area contributed by atoms with Gasteiger partial charge in [0.2, 0.25) is 10.0 Å². The van der Waals surface area contributed by atoms with Crippen molar-refractivity contribution in [2.45, 2.75) is 19.8 Å². The third-order valence-corrected chi connectivity index (χ3v) is 4.43. The summed E-state index contributed by atoms with van der Waals surface area (Å²) < 4.78 is 24.8. The van der Waals surface area contributed by atoms with Gasteiger partial charge in [-0.1, -0.05) is 17.7 Å². The molecule has 1 aliphatic rings. The number of amides is 2. The second-order valence-corrected chi connectivity index (χ2v) is 7.70. The van der Waals surface area contributed by atoms with E-state index in [-0.39, 0.29) is 11.9 Å². The molecule has 0 aliphatic carbocycles. The number of benzene rings is 1. The number of anilines is 1. The molecule has 6 nitrogen and oxygen atoms in total. The van der Waals surface area contributed by atoms with Crippen LogP contribution in [0.4, 0.5) is 10.5 Å². The fourth-order valence-corrected chi connectivity index (χ4v) is 3.06. The van der Waals surface area contributed by atoms with Crippen LogP contribution in [0.2, 0.25) is 0 Å². The molecule has 0 aromatic heterocycles. The van der Waals surface area contributed by atoms with Gasteiger partial charge in [0.15, 0.2) is 0 Å². The molecule has 0 radical (unpaired) electrons. The Kier molecular flexibility index (Phi) is 5.42. The third-order valence-electron chi connectivity index (χ3n) is 3.74. The van der Waals surface area contributed by atoms with Crippen LogP contribution >= 0.6 is 0 Å². The zero-order valence-corrected chi connectivity index (χ0v) is 13.8.